The fraction of sp³-hybridized carbons (Fsp3) is 0.571. The Morgan fingerprint density at radius 3 is 2.93 bits per heavy atom. The highest BCUT2D eigenvalue weighted by Crippen LogP contribution is 2.27. The molecule has 0 saturated heterocycles. The minimum atomic E-state index is 1.00. The lowest BCUT2D eigenvalue weighted by atomic mass is 10.1. The van der Waals surface area contributed by atoms with Crippen molar-refractivity contribution in [1.82, 2.24) is 5.32 Å². The molecule has 0 unspecified atom stereocenters. The van der Waals surface area contributed by atoms with E-state index in [-0.39, 0.29) is 0 Å². The summed E-state index contributed by atoms with van der Waals surface area (Å²) >= 11 is 0. The number of rotatable bonds is 6. The first-order valence-corrected chi connectivity index (χ1v) is 6.11. The molecule has 0 spiro atoms. The number of hydrogen-bond donors (Lipinski definition) is 1. The minimum Gasteiger partial charge on any atom is -0.316 e. The highest BCUT2D eigenvalue weighted by Gasteiger charge is 2.19. The largest absolute Gasteiger partial charge is 0.316 e. The molecular formula is C14H21N. The zero-order chi connectivity index (χ0) is 10.5. The van der Waals surface area contributed by atoms with Crippen molar-refractivity contribution in [1.29, 1.82) is 0 Å². The first kappa shape index (κ1) is 10.7. The molecule has 0 radical (unpaired) electrons. The predicted octanol–water partition coefficient (Wildman–Crippen LogP) is 2.93. The summed E-state index contributed by atoms with van der Waals surface area (Å²) in [5, 5.41) is 3.53. The van der Waals surface area contributed by atoms with E-state index in [0.29, 0.717) is 0 Å². The van der Waals surface area contributed by atoms with Crippen molar-refractivity contribution in [2.45, 2.75) is 32.6 Å². The molecule has 0 aromatic heterocycles. The van der Waals surface area contributed by atoms with Gasteiger partial charge in [-0.15, -0.1) is 0 Å². The summed E-state index contributed by atoms with van der Waals surface area (Å²) in [6.45, 7) is 4.58. The van der Waals surface area contributed by atoms with E-state index in [4.69, 9.17) is 0 Å². The Hall–Kier alpha value is -0.820. The summed E-state index contributed by atoms with van der Waals surface area (Å²) in [5.74, 6) is 1.00. The van der Waals surface area contributed by atoms with Crippen LogP contribution < -0.4 is 5.32 Å². The third-order valence-electron chi connectivity index (χ3n) is 3.03. The fourth-order valence-corrected chi connectivity index (χ4v) is 1.91. The van der Waals surface area contributed by atoms with Crippen LogP contribution >= 0.6 is 0 Å². The summed E-state index contributed by atoms with van der Waals surface area (Å²) in [6.07, 6.45) is 5.37. The smallest absolute Gasteiger partial charge is 0.00205 e. The molecule has 1 aromatic rings. The van der Waals surface area contributed by atoms with Gasteiger partial charge in [-0.3, -0.25) is 0 Å². The minimum absolute atomic E-state index is 1.00. The van der Waals surface area contributed by atoms with E-state index in [0.717, 1.165) is 5.92 Å². The van der Waals surface area contributed by atoms with E-state index in [2.05, 4.69) is 36.5 Å². The molecule has 0 atom stereocenters. The first-order chi connectivity index (χ1) is 7.34. The molecule has 0 aliphatic heterocycles. The van der Waals surface area contributed by atoms with Gasteiger partial charge in [-0.05, 0) is 57.2 Å². The Morgan fingerprint density at radius 2 is 2.20 bits per heavy atom. The number of aryl methyl sites for hydroxylation is 2. The quantitative estimate of drug-likeness (QED) is 0.701. The van der Waals surface area contributed by atoms with Gasteiger partial charge in [-0.25, -0.2) is 0 Å². The topological polar surface area (TPSA) is 12.0 Å². The van der Waals surface area contributed by atoms with E-state index in [1.807, 2.05) is 0 Å². The van der Waals surface area contributed by atoms with Gasteiger partial charge in [0.2, 0.25) is 0 Å². The molecule has 0 bridgehead atoms. The van der Waals surface area contributed by atoms with Gasteiger partial charge in [0.1, 0.15) is 0 Å². The molecule has 1 fully saturated rings. The molecule has 15 heavy (non-hydrogen) atoms. The summed E-state index contributed by atoms with van der Waals surface area (Å²) < 4.78 is 0. The lowest BCUT2D eigenvalue weighted by Crippen LogP contribution is -2.18. The molecule has 2 rings (SSSR count). The molecule has 1 aromatic carbocycles. The highest BCUT2D eigenvalue weighted by molar-refractivity contribution is 5.22. The van der Waals surface area contributed by atoms with Gasteiger partial charge in [-0.1, -0.05) is 29.8 Å². The second-order valence-corrected chi connectivity index (χ2v) is 4.74. The third-order valence-corrected chi connectivity index (χ3v) is 3.03. The van der Waals surface area contributed by atoms with Crippen LogP contribution in [-0.4, -0.2) is 13.1 Å². The number of benzene rings is 1. The second-order valence-electron chi connectivity index (χ2n) is 4.74. The third kappa shape index (κ3) is 4.05. The van der Waals surface area contributed by atoms with E-state index in [1.165, 1.54) is 49.9 Å². The standard InChI is InChI=1S/C14H21N/c1-12-4-2-5-13(10-12)6-3-9-15-11-14-7-8-14/h2,4-5,10,14-15H,3,6-9,11H2,1H3. The van der Waals surface area contributed by atoms with Crippen LogP contribution in [0.5, 0.6) is 0 Å². The Kier molecular flexibility index (Phi) is 3.79. The molecule has 1 heteroatoms. The summed E-state index contributed by atoms with van der Waals surface area (Å²) in [6, 6.07) is 8.84. The number of nitrogens with one attached hydrogen (secondary N) is 1. The summed E-state index contributed by atoms with van der Waals surface area (Å²) in [5.41, 5.74) is 2.85. The van der Waals surface area contributed by atoms with Crippen molar-refractivity contribution in [3.05, 3.63) is 35.4 Å². The first-order valence-electron chi connectivity index (χ1n) is 6.11. The maximum absolute atomic E-state index is 3.53. The average molecular weight is 203 g/mol. The van der Waals surface area contributed by atoms with Gasteiger partial charge >= 0.3 is 0 Å². The van der Waals surface area contributed by atoms with Gasteiger partial charge in [-0.2, -0.15) is 0 Å². The zero-order valence-corrected chi connectivity index (χ0v) is 9.63. The van der Waals surface area contributed by atoms with Crippen molar-refractivity contribution in [2.75, 3.05) is 13.1 Å². The normalized spacial score (nSPS) is 15.5. The monoisotopic (exact) mass is 203 g/mol. The van der Waals surface area contributed by atoms with E-state index < -0.39 is 0 Å². The highest BCUT2D eigenvalue weighted by atomic mass is 14.9. The lowest BCUT2D eigenvalue weighted by Gasteiger charge is -2.04. The maximum Gasteiger partial charge on any atom is -0.00205 e. The van der Waals surface area contributed by atoms with Gasteiger partial charge in [0.05, 0.1) is 0 Å². The van der Waals surface area contributed by atoms with Gasteiger partial charge in [0.15, 0.2) is 0 Å². The van der Waals surface area contributed by atoms with Crippen LogP contribution in [0.4, 0.5) is 0 Å². The molecule has 1 aliphatic rings. The molecule has 1 saturated carbocycles. The van der Waals surface area contributed by atoms with Crippen molar-refractivity contribution < 1.29 is 0 Å². The molecule has 82 valence electrons. The van der Waals surface area contributed by atoms with Crippen molar-refractivity contribution in [2.24, 2.45) is 5.92 Å². The Bertz CT molecular complexity index is 302. The van der Waals surface area contributed by atoms with Crippen LogP contribution in [0.15, 0.2) is 24.3 Å². The molecule has 1 N–H and O–H groups in total. The molecule has 0 heterocycles. The fourth-order valence-electron chi connectivity index (χ4n) is 1.91. The van der Waals surface area contributed by atoms with Crippen LogP contribution in [-0.2, 0) is 6.42 Å². The summed E-state index contributed by atoms with van der Waals surface area (Å²) in [7, 11) is 0. The van der Waals surface area contributed by atoms with Gasteiger partial charge in [0, 0.05) is 0 Å². The maximum atomic E-state index is 3.53. The molecule has 1 aliphatic carbocycles. The van der Waals surface area contributed by atoms with Crippen LogP contribution in [0, 0.1) is 12.8 Å². The van der Waals surface area contributed by atoms with Crippen molar-refractivity contribution in [3.63, 3.8) is 0 Å². The number of hydrogen-bond acceptors (Lipinski definition) is 1. The van der Waals surface area contributed by atoms with E-state index in [1.54, 1.807) is 0 Å². The summed E-state index contributed by atoms with van der Waals surface area (Å²) in [4.78, 5) is 0. The van der Waals surface area contributed by atoms with Crippen LogP contribution in [0.1, 0.15) is 30.4 Å². The van der Waals surface area contributed by atoms with Crippen molar-refractivity contribution >= 4 is 0 Å². The predicted molar refractivity (Wildman–Crippen MR) is 65.1 cm³/mol. The van der Waals surface area contributed by atoms with Crippen molar-refractivity contribution in [3.8, 4) is 0 Å². The Balaban J connectivity index is 1.60. The molecule has 0 amide bonds. The second kappa shape index (κ2) is 5.32. The van der Waals surface area contributed by atoms with Crippen LogP contribution in [0.3, 0.4) is 0 Å². The van der Waals surface area contributed by atoms with Crippen LogP contribution in [0.25, 0.3) is 0 Å². The zero-order valence-electron chi connectivity index (χ0n) is 9.63. The SMILES string of the molecule is Cc1cccc(CCCNCC2CC2)c1. The Labute approximate surface area is 92.9 Å². The Morgan fingerprint density at radius 1 is 1.33 bits per heavy atom. The van der Waals surface area contributed by atoms with E-state index >= 15 is 0 Å². The van der Waals surface area contributed by atoms with Gasteiger partial charge in [0.25, 0.3) is 0 Å². The van der Waals surface area contributed by atoms with E-state index in [9.17, 15) is 0 Å². The molecular weight excluding hydrogens is 182 g/mol. The molecule has 1 nitrogen and oxygen atoms in total. The average Bonchev–Trinajstić information content (AvgIpc) is 3.01. The van der Waals surface area contributed by atoms with Crippen LogP contribution in [0.2, 0.25) is 0 Å². The lowest BCUT2D eigenvalue weighted by molar-refractivity contribution is 0.613. The van der Waals surface area contributed by atoms with Gasteiger partial charge < -0.3 is 5.32 Å².